The molecule has 2 saturated carbocycles. The summed E-state index contributed by atoms with van der Waals surface area (Å²) in [4.78, 5) is 4.71. The van der Waals surface area contributed by atoms with E-state index in [2.05, 4.69) is 37.6 Å². The van der Waals surface area contributed by atoms with Crippen LogP contribution >= 0.6 is 12.4 Å². The monoisotopic (exact) mass is 346 g/mol. The zero-order valence-corrected chi connectivity index (χ0v) is 16.1. The molecule has 4 unspecified atom stereocenters. The van der Waals surface area contributed by atoms with Gasteiger partial charge in [0.05, 0.1) is 18.8 Å². The van der Waals surface area contributed by atoms with Crippen molar-refractivity contribution in [2.75, 3.05) is 46.4 Å². The highest BCUT2D eigenvalue weighted by Gasteiger charge is 2.60. The first kappa shape index (κ1) is 19.5. The van der Waals surface area contributed by atoms with Gasteiger partial charge in [-0.05, 0) is 43.1 Å². The number of nitrogens with zero attached hydrogens (tertiary/aromatic N) is 2. The van der Waals surface area contributed by atoms with Gasteiger partial charge in [0.25, 0.3) is 0 Å². The number of fused-ring (bicyclic) bond motifs is 2. The van der Waals surface area contributed by atoms with Crippen LogP contribution < -0.4 is 0 Å². The number of halogens is 1. The van der Waals surface area contributed by atoms with E-state index in [0.717, 1.165) is 38.6 Å². The van der Waals surface area contributed by atoms with E-state index >= 15 is 0 Å². The number of aliphatic hydroxyl groups is 1. The average molecular weight is 347 g/mol. The van der Waals surface area contributed by atoms with Gasteiger partial charge < -0.3 is 14.7 Å². The van der Waals surface area contributed by atoms with Crippen LogP contribution in [0.1, 0.15) is 40.0 Å². The van der Waals surface area contributed by atoms with Gasteiger partial charge >= 0.3 is 0 Å². The third kappa shape index (κ3) is 3.87. The first-order valence-electron chi connectivity index (χ1n) is 9.02. The largest absolute Gasteiger partial charge is 0.389 e. The number of piperazine rings is 1. The van der Waals surface area contributed by atoms with Gasteiger partial charge in [0, 0.05) is 32.7 Å². The number of rotatable bonds is 5. The average Bonchev–Trinajstić information content (AvgIpc) is 2.92. The second-order valence-corrected chi connectivity index (χ2v) is 8.89. The molecule has 3 aliphatic rings. The van der Waals surface area contributed by atoms with E-state index in [1.807, 2.05) is 0 Å². The standard InChI is InChI=1S/C18H34N2O2.ClH/c1-17(2)14-5-6-18(3,11-14)16(17)22-13-15(21)12-20-9-7-19(4)8-10-20;/h14-16,21H,5-13H2,1-4H3;1H. The Morgan fingerprint density at radius 3 is 2.39 bits per heavy atom. The zero-order valence-electron chi connectivity index (χ0n) is 15.3. The molecule has 136 valence electrons. The minimum atomic E-state index is -0.359. The lowest BCUT2D eigenvalue weighted by atomic mass is 9.70. The molecular weight excluding hydrogens is 312 g/mol. The molecule has 23 heavy (non-hydrogen) atoms. The van der Waals surface area contributed by atoms with Gasteiger partial charge in [0.15, 0.2) is 0 Å². The summed E-state index contributed by atoms with van der Waals surface area (Å²) in [7, 11) is 2.16. The summed E-state index contributed by atoms with van der Waals surface area (Å²) in [6.07, 6.45) is 3.90. The number of aliphatic hydroxyl groups excluding tert-OH is 1. The molecule has 5 heteroatoms. The van der Waals surface area contributed by atoms with Crippen LogP contribution in [0, 0.1) is 16.7 Å². The Kier molecular flexibility index (Phi) is 6.06. The van der Waals surface area contributed by atoms with Crippen LogP contribution in [-0.2, 0) is 4.74 Å². The smallest absolute Gasteiger partial charge is 0.0900 e. The van der Waals surface area contributed by atoms with Gasteiger partial charge in [-0.1, -0.05) is 20.8 Å². The minimum Gasteiger partial charge on any atom is -0.389 e. The third-order valence-electron chi connectivity index (χ3n) is 6.66. The van der Waals surface area contributed by atoms with Crippen LogP contribution in [0.4, 0.5) is 0 Å². The van der Waals surface area contributed by atoms with Crippen LogP contribution in [0.15, 0.2) is 0 Å². The van der Waals surface area contributed by atoms with E-state index in [1.54, 1.807) is 0 Å². The number of hydrogen-bond acceptors (Lipinski definition) is 4. The van der Waals surface area contributed by atoms with Crippen molar-refractivity contribution in [1.82, 2.24) is 9.80 Å². The van der Waals surface area contributed by atoms with Crippen LogP contribution in [-0.4, -0.2) is 73.5 Å². The predicted octanol–water partition coefficient (Wildman–Crippen LogP) is 2.25. The maximum absolute atomic E-state index is 10.4. The van der Waals surface area contributed by atoms with E-state index in [1.165, 1.54) is 19.3 Å². The molecule has 2 bridgehead atoms. The molecule has 0 aromatic heterocycles. The van der Waals surface area contributed by atoms with Crippen molar-refractivity contribution in [2.45, 2.75) is 52.2 Å². The third-order valence-corrected chi connectivity index (χ3v) is 6.66. The molecule has 1 aliphatic heterocycles. The Balaban J connectivity index is 0.00000192. The normalized spacial score (nSPS) is 38.5. The molecule has 2 aliphatic carbocycles. The van der Waals surface area contributed by atoms with Crippen LogP contribution in [0.5, 0.6) is 0 Å². The molecule has 3 fully saturated rings. The summed E-state index contributed by atoms with van der Waals surface area (Å²) in [6.45, 7) is 12.7. The number of likely N-dealkylation sites (N-methyl/N-ethyl adjacent to an activating group) is 1. The van der Waals surface area contributed by atoms with Gasteiger partial charge in [-0.2, -0.15) is 0 Å². The van der Waals surface area contributed by atoms with Gasteiger partial charge in [-0.3, -0.25) is 4.90 Å². The van der Waals surface area contributed by atoms with Gasteiger partial charge in [0.1, 0.15) is 0 Å². The highest BCUT2D eigenvalue weighted by Crippen LogP contribution is 2.63. The first-order chi connectivity index (χ1) is 10.3. The SMILES string of the molecule is CN1CCN(CC(O)COC2C3(C)CCC(C3)C2(C)C)CC1.Cl. The van der Waals surface area contributed by atoms with Crippen molar-refractivity contribution in [3.63, 3.8) is 0 Å². The summed E-state index contributed by atoms with van der Waals surface area (Å²) >= 11 is 0. The highest BCUT2D eigenvalue weighted by atomic mass is 35.5. The topological polar surface area (TPSA) is 35.9 Å². The molecule has 4 nitrogen and oxygen atoms in total. The molecule has 1 heterocycles. The molecule has 0 radical (unpaired) electrons. The maximum atomic E-state index is 10.4. The molecule has 0 aromatic carbocycles. The Bertz CT molecular complexity index is 394. The molecule has 0 amide bonds. The Hall–Kier alpha value is 0.130. The van der Waals surface area contributed by atoms with Gasteiger partial charge in [-0.25, -0.2) is 0 Å². The van der Waals surface area contributed by atoms with E-state index in [0.29, 0.717) is 18.1 Å². The lowest BCUT2D eigenvalue weighted by Gasteiger charge is -2.43. The molecular formula is C18H35ClN2O2. The predicted molar refractivity (Wildman–Crippen MR) is 96.2 cm³/mol. The van der Waals surface area contributed by atoms with Crippen LogP contribution in [0.2, 0.25) is 0 Å². The minimum absolute atomic E-state index is 0. The summed E-state index contributed by atoms with van der Waals surface area (Å²) in [5, 5.41) is 10.4. The van der Waals surface area contributed by atoms with Crippen molar-refractivity contribution in [3.8, 4) is 0 Å². The quantitative estimate of drug-likeness (QED) is 0.828. The number of ether oxygens (including phenoxy) is 1. The molecule has 1 saturated heterocycles. The molecule has 3 rings (SSSR count). The van der Waals surface area contributed by atoms with E-state index in [4.69, 9.17) is 4.74 Å². The second kappa shape index (κ2) is 7.17. The first-order valence-corrected chi connectivity index (χ1v) is 9.02. The summed E-state index contributed by atoms with van der Waals surface area (Å²) in [6, 6.07) is 0. The Morgan fingerprint density at radius 2 is 1.83 bits per heavy atom. The Labute approximate surface area is 148 Å². The van der Waals surface area contributed by atoms with Crippen LogP contribution in [0.3, 0.4) is 0 Å². The molecule has 0 spiro atoms. The van der Waals surface area contributed by atoms with Crippen molar-refractivity contribution < 1.29 is 9.84 Å². The van der Waals surface area contributed by atoms with Crippen molar-refractivity contribution in [2.24, 2.45) is 16.7 Å². The fourth-order valence-electron chi connectivity index (χ4n) is 5.26. The highest BCUT2D eigenvalue weighted by molar-refractivity contribution is 5.85. The molecule has 1 N–H and O–H groups in total. The number of hydrogen-bond donors (Lipinski definition) is 1. The lowest BCUT2D eigenvalue weighted by molar-refractivity contribution is -0.114. The molecule has 0 aromatic rings. The molecule has 4 atom stereocenters. The van der Waals surface area contributed by atoms with Gasteiger partial charge in [0.2, 0.25) is 0 Å². The zero-order chi connectivity index (χ0) is 16.0. The summed E-state index contributed by atoms with van der Waals surface area (Å²) < 4.78 is 6.29. The maximum Gasteiger partial charge on any atom is 0.0900 e. The summed E-state index contributed by atoms with van der Waals surface area (Å²) in [5.74, 6) is 0.803. The van der Waals surface area contributed by atoms with Crippen LogP contribution in [0.25, 0.3) is 0 Å². The van der Waals surface area contributed by atoms with E-state index in [-0.39, 0.29) is 23.9 Å². The Morgan fingerprint density at radius 1 is 1.17 bits per heavy atom. The second-order valence-electron chi connectivity index (χ2n) is 8.89. The lowest BCUT2D eigenvalue weighted by Crippen LogP contribution is -2.48. The number of β-amino-alcohol motifs (C(OH)–C–C–N with tert-alkyl or cyclic N) is 1. The van der Waals surface area contributed by atoms with Crippen molar-refractivity contribution >= 4 is 12.4 Å². The van der Waals surface area contributed by atoms with Gasteiger partial charge in [-0.15, -0.1) is 12.4 Å². The van der Waals surface area contributed by atoms with Crippen molar-refractivity contribution in [3.05, 3.63) is 0 Å². The summed E-state index contributed by atoms with van der Waals surface area (Å²) in [5.41, 5.74) is 0.599. The van der Waals surface area contributed by atoms with E-state index < -0.39 is 0 Å². The van der Waals surface area contributed by atoms with E-state index in [9.17, 15) is 5.11 Å². The fourth-order valence-corrected chi connectivity index (χ4v) is 5.26. The van der Waals surface area contributed by atoms with Crippen molar-refractivity contribution in [1.29, 1.82) is 0 Å². The fraction of sp³-hybridized carbons (Fsp3) is 1.00.